The molecular weight excluding hydrogens is 384 g/mol. The van der Waals surface area contributed by atoms with Crippen LogP contribution in [0.3, 0.4) is 0 Å². The summed E-state index contributed by atoms with van der Waals surface area (Å²) in [6.45, 7) is 0. The molecule has 0 heterocycles. The summed E-state index contributed by atoms with van der Waals surface area (Å²) >= 11 is 0. The lowest BCUT2D eigenvalue weighted by molar-refractivity contribution is 0.0921. The quantitative estimate of drug-likeness (QED) is 0.374. The van der Waals surface area contributed by atoms with Crippen LogP contribution in [0.1, 0.15) is 31.8 Å². The molecule has 0 aromatic heterocycles. The molecule has 2 amide bonds. The van der Waals surface area contributed by atoms with Crippen LogP contribution in [-0.4, -0.2) is 34.5 Å². The van der Waals surface area contributed by atoms with Crippen molar-refractivity contribution in [2.75, 3.05) is 0 Å². The number of phenols is 2. The van der Waals surface area contributed by atoms with Gasteiger partial charge in [0.05, 0.1) is 23.6 Å². The molecule has 0 atom stereocenters. The van der Waals surface area contributed by atoms with Crippen molar-refractivity contribution in [3.8, 4) is 11.5 Å². The van der Waals surface area contributed by atoms with Gasteiger partial charge < -0.3 is 10.2 Å². The highest BCUT2D eigenvalue weighted by atomic mass is 16.3. The summed E-state index contributed by atoms with van der Waals surface area (Å²) in [5.41, 5.74) is 5.72. The lowest BCUT2D eigenvalue weighted by Gasteiger charge is -2.07. The van der Waals surface area contributed by atoms with E-state index in [0.717, 1.165) is 0 Å². The summed E-state index contributed by atoms with van der Waals surface area (Å²) in [7, 11) is 0. The number of carbonyl (C=O) groups excluding carboxylic acids is 2. The van der Waals surface area contributed by atoms with Gasteiger partial charge in [0.25, 0.3) is 11.8 Å². The molecule has 4 N–H and O–H groups in total. The first-order valence-corrected chi connectivity index (χ1v) is 8.88. The highest BCUT2D eigenvalue weighted by Crippen LogP contribution is 2.14. The van der Waals surface area contributed by atoms with Gasteiger partial charge in [0, 0.05) is 11.1 Å². The molecule has 0 aliphatic carbocycles. The molecule has 0 fully saturated rings. The minimum absolute atomic E-state index is 0.0255. The Bertz CT molecular complexity index is 1040. The molecule has 0 saturated heterocycles. The van der Waals surface area contributed by atoms with Crippen molar-refractivity contribution < 1.29 is 19.8 Å². The van der Waals surface area contributed by atoms with Crippen LogP contribution in [-0.2, 0) is 0 Å². The van der Waals surface area contributed by atoms with Crippen molar-refractivity contribution in [1.29, 1.82) is 0 Å². The van der Waals surface area contributed by atoms with Gasteiger partial charge in [-0.25, -0.2) is 10.9 Å². The molecule has 8 nitrogen and oxygen atoms in total. The third-order valence-electron chi connectivity index (χ3n) is 4.03. The van der Waals surface area contributed by atoms with Gasteiger partial charge in [-0.05, 0) is 36.4 Å². The van der Waals surface area contributed by atoms with E-state index < -0.39 is 11.8 Å². The standard InChI is InChI=1S/C22H18N4O4/c27-19-11-5-1-7-15(19)13-23-25-21(29)17-9-3-4-10-18(17)22(30)26-24-14-16-8-2-6-12-20(16)28/h1-14,27-28H,(H,25,29)(H,26,30)/b23-13+,24-14+. The van der Waals surface area contributed by atoms with Crippen molar-refractivity contribution in [3.05, 3.63) is 95.1 Å². The van der Waals surface area contributed by atoms with Crippen LogP contribution in [0.5, 0.6) is 11.5 Å². The average molecular weight is 402 g/mol. The molecule has 3 rings (SSSR count). The Balaban J connectivity index is 1.68. The third-order valence-corrected chi connectivity index (χ3v) is 4.03. The Labute approximate surface area is 172 Å². The summed E-state index contributed by atoms with van der Waals surface area (Å²) in [5, 5.41) is 27.0. The molecule has 3 aromatic carbocycles. The number of nitrogens with one attached hydrogen (secondary N) is 2. The topological polar surface area (TPSA) is 123 Å². The number of rotatable bonds is 6. The smallest absolute Gasteiger partial charge is 0.272 e. The van der Waals surface area contributed by atoms with E-state index in [1.165, 1.54) is 36.7 Å². The van der Waals surface area contributed by atoms with E-state index in [-0.39, 0.29) is 22.6 Å². The molecule has 150 valence electrons. The fourth-order valence-corrected chi connectivity index (χ4v) is 2.51. The number of amides is 2. The number of nitrogens with zero attached hydrogens (tertiary/aromatic N) is 2. The van der Waals surface area contributed by atoms with Crippen LogP contribution in [0.15, 0.2) is 83.0 Å². The zero-order chi connectivity index (χ0) is 21.3. The van der Waals surface area contributed by atoms with Crippen LogP contribution in [0.4, 0.5) is 0 Å². The first-order valence-electron chi connectivity index (χ1n) is 8.88. The number of aromatic hydroxyl groups is 2. The van der Waals surface area contributed by atoms with Gasteiger partial charge in [-0.2, -0.15) is 10.2 Å². The molecule has 0 spiro atoms. The number of para-hydroxylation sites is 2. The fourth-order valence-electron chi connectivity index (χ4n) is 2.51. The number of benzene rings is 3. The lowest BCUT2D eigenvalue weighted by atomic mass is 10.1. The Kier molecular flexibility index (Phi) is 6.52. The lowest BCUT2D eigenvalue weighted by Crippen LogP contribution is -2.25. The van der Waals surface area contributed by atoms with E-state index in [4.69, 9.17) is 0 Å². The van der Waals surface area contributed by atoms with Gasteiger partial charge in [-0.15, -0.1) is 0 Å². The SMILES string of the molecule is O=C(N/N=C/c1ccccc1O)c1ccccc1C(=O)N/N=C/c1ccccc1O. The predicted octanol–water partition coefficient (Wildman–Crippen LogP) is 2.63. The van der Waals surface area contributed by atoms with Crippen molar-refractivity contribution in [1.82, 2.24) is 10.9 Å². The second-order valence-corrected chi connectivity index (χ2v) is 6.06. The molecule has 0 saturated carbocycles. The summed E-state index contributed by atoms with van der Waals surface area (Å²) in [5.74, 6) is -1.15. The van der Waals surface area contributed by atoms with E-state index >= 15 is 0 Å². The average Bonchev–Trinajstić information content (AvgIpc) is 2.76. The molecule has 8 heteroatoms. The number of hydrogen-bond acceptors (Lipinski definition) is 6. The van der Waals surface area contributed by atoms with Gasteiger partial charge in [0.2, 0.25) is 0 Å². The van der Waals surface area contributed by atoms with Gasteiger partial charge in [0.1, 0.15) is 11.5 Å². The Morgan fingerprint density at radius 1 is 0.633 bits per heavy atom. The van der Waals surface area contributed by atoms with E-state index in [0.29, 0.717) is 11.1 Å². The Morgan fingerprint density at radius 2 is 1.00 bits per heavy atom. The fraction of sp³-hybridized carbons (Fsp3) is 0. The van der Waals surface area contributed by atoms with Crippen LogP contribution in [0.2, 0.25) is 0 Å². The molecule has 0 aliphatic rings. The van der Waals surface area contributed by atoms with E-state index in [1.54, 1.807) is 48.5 Å². The van der Waals surface area contributed by atoms with Crippen molar-refractivity contribution in [3.63, 3.8) is 0 Å². The molecule has 3 aromatic rings. The second-order valence-electron chi connectivity index (χ2n) is 6.06. The highest BCUT2D eigenvalue weighted by molar-refractivity contribution is 6.07. The minimum atomic E-state index is -0.600. The normalized spacial score (nSPS) is 10.9. The van der Waals surface area contributed by atoms with Gasteiger partial charge >= 0.3 is 0 Å². The van der Waals surface area contributed by atoms with Crippen LogP contribution in [0, 0.1) is 0 Å². The molecule has 0 radical (unpaired) electrons. The first kappa shape index (κ1) is 20.3. The zero-order valence-electron chi connectivity index (χ0n) is 15.7. The maximum atomic E-state index is 12.4. The molecular formula is C22H18N4O4. The molecule has 30 heavy (non-hydrogen) atoms. The van der Waals surface area contributed by atoms with Gasteiger partial charge in [-0.3, -0.25) is 9.59 Å². The Morgan fingerprint density at radius 3 is 1.40 bits per heavy atom. The van der Waals surface area contributed by atoms with Crippen molar-refractivity contribution in [2.24, 2.45) is 10.2 Å². The summed E-state index contributed by atoms with van der Waals surface area (Å²) in [4.78, 5) is 24.9. The van der Waals surface area contributed by atoms with Crippen LogP contribution in [0.25, 0.3) is 0 Å². The van der Waals surface area contributed by atoms with Crippen LogP contribution < -0.4 is 10.9 Å². The van der Waals surface area contributed by atoms with E-state index in [1.807, 2.05) is 0 Å². The summed E-state index contributed by atoms with van der Waals surface area (Å²) in [6.07, 6.45) is 2.60. The first-order chi connectivity index (χ1) is 14.6. The monoisotopic (exact) mass is 402 g/mol. The van der Waals surface area contributed by atoms with Crippen molar-refractivity contribution >= 4 is 24.2 Å². The molecule has 0 bridgehead atoms. The van der Waals surface area contributed by atoms with Gasteiger partial charge in [-0.1, -0.05) is 36.4 Å². The molecule has 0 unspecified atom stereocenters. The summed E-state index contributed by atoms with van der Waals surface area (Å²) in [6, 6.07) is 19.2. The number of carbonyl (C=O) groups is 2. The van der Waals surface area contributed by atoms with Crippen molar-refractivity contribution in [2.45, 2.75) is 0 Å². The number of phenolic OH excluding ortho intramolecular Hbond substituents is 2. The van der Waals surface area contributed by atoms with E-state index in [9.17, 15) is 19.8 Å². The number of hydrazone groups is 2. The third kappa shape index (κ3) is 5.08. The van der Waals surface area contributed by atoms with E-state index in [2.05, 4.69) is 21.1 Å². The number of hydrogen-bond donors (Lipinski definition) is 4. The second kappa shape index (κ2) is 9.65. The highest BCUT2D eigenvalue weighted by Gasteiger charge is 2.16. The minimum Gasteiger partial charge on any atom is -0.507 e. The Hall–Kier alpha value is -4.46. The van der Waals surface area contributed by atoms with Gasteiger partial charge in [0.15, 0.2) is 0 Å². The van der Waals surface area contributed by atoms with Crippen LogP contribution >= 0.6 is 0 Å². The largest absolute Gasteiger partial charge is 0.507 e. The zero-order valence-corrected chi connectivity index (χ0v) is 15.7. The molecule has 0 aliphatic heterocycles. The maximum absolute atomic E-state index is 12.4. The predicted molar refractivity (Wildman–Crippen MR) is 113 cm³/mol. The summed E-state index contributed by atoms with van der Waals surface area (Å²) < 4.78 is 0. The maximum Gasteiger partial charge on any atom is 0.272 e.